The van der Waals surface area contributed by atoms with Crippen LogP contribution in [0.2, 0.25) is 5.02 Å². The average molecular weight is 262 g/mol. The molecule has 0 amide bonds. The summed E-state index contributed by atoms with van der Waals surface area (Å²) in [5.41, 5.74) is 8.13. The maximum atomic E-state index is 12.9. The molecule has 90 valence electrons. The van der Waals surface area contributed by atoms with Crippen LogP contribution in [0, 0.1) is 5.82 Å². The molecule has 1 aromatic carbocycles. The van der Waals surface area contributed by atoms with Crippen molar-refractivity contribution in [1.82, 2.24) is 9.38 Å². The smallest absolute Gasteiger partial charge is 0.139 e. The second-order valence-corrected chi connectivity index (χ2v) is 4.36. The van der Waals surface area contributed by atoms with Crippen LogP contribution in [0.15, 0.2) is 42.6 Å². The number of imidazole rings is 1. The van der Waals surface area contributed by atoms with Gasteiger partial charge in [0, 0.05) is 11.8 Å². The summed E-state index contributed by atoms with van der Waals surface area (Å²) >= 11 is 5.91. The third-order valence-corrected chi connectivity index (χ3v) is 2.96. The van der Waals surface area contributed by atoms with Crippen molar-refractivity contribution in [3.05, 3.63) is 53.4 Å². The predicted octanol–water partition coefficient (Wildman–Crippen LogP) is 3.38. The van der Waals surface area contributed by atoms with Crippen LogP contribution in [0.3, 0.4) is 0 Å². The number of halogens is 2. The van der Waals surface area contributed by atoms with E-state index in [1.54, 1.807) is 34.9 Å². The summed E-state index contributed by atoms with van der Waals surface area (Å²) in [6.07, 6.45) is 1.70. The maximum absolute atomic E-state index is 12.9. The Balaban J connectivity index is 2.23. The van der Waals surface area contributed by atoms with Gasteiger partial charge in [0.15, 0.2) is 0 Å². The lowest BCUT2D eigenvalue weighted by Crippen LogP contribution is -1.93. The number of hydrogen-bond acceptors (Lipinski definition) is 2. The fraction of sp³-hybridized carbons (Fsp3) is 0. The van der Waals surface area contributed by atoms with Crippen molar-refractivity contribution in [1.29, 1.82) is 0 Å². The van der Waals surface area contributed by atoms with Gasteiger partial charge in [-0.3, -0.25) is 4.40 Å². The fourth-order valence-electron chi connectivity index (χ4n) is 1.86. The average Bonchev–Trinajstić information content (AvgIpc) is 2.68. The molecule has 5 heteroatoms. The van der Waals surface area contributed by atoms with Gasteiger partial charge in [-0.05, 0) is 36.4 Å². The second-order valence-electron chi connectivity index (χ2n) is 3.93. The summed E-state index contributed by atoms with van der Waals surface area (Å²) in [5.74, 6) is 0.197. The van der Waals surface area contributed by atoms with Crippen molar-refractivity contribution in [2.45, 2.75) is 0 Å². The Morgan fingerprint density at radius 3 is 2.56 bits per heavy atom. The molecule has 2 heterocycles. The van der Waals surface area contributed by atoms with Crippen molar-refractivity contribution in [3.63, 3.8) is 0 Å². The van der Waals surface area contributed by atoms with Gasteiger partial charge in [0.1, 0.15) is 23.0 Å². The van der Waals surface area contributed by atoms with E-state index < -0.39 is 0 Å². The van der Waals surface area contributed by atoms with E-state index in [2.05, 4.69) is 4.98 Å². The number of rotatable bonds is 1. The van der Waals surface area contributed by atoms with Gasteiger partial charge in [0.05, 0.1) is 5.02 Å². The third-order valence-electron chi connectivity index (χ3n) is 2.74. The Labute approximate surface area is 108 Å². The highest BCUT2D eigenvalue weighted by atomic mass is 35.5. The number of nitrogen functional groups attached to an aromatic ring is 1. The van der Waals surface area contributed by atoms with E-state index in [-0.39, 0.29) is 5.82 Å². The van der Waals surface area contributed by atoms with Crippen LogP contribution in [0.1, 0.15) is 0 Å². The summed E-state index contributed by atoms with van der Waals surface area (Å²) in [4.78, 5) is 4.41. The number of hydrogen-bond donors (Lipinski definition) is 1. The first kappa shape index (κ1) is 11.0. The lowest BCUT2D eigenvalue weighted by Gasteiger charge is -1.99. The Kier molecular flexibility index (Phi) is 2.45. The van der Waals surface area contributed by atoms with Crippen LogP contribution in [0.25, 0.3) is 16.9 Å². The van der Waals surface area contributed by atoms with E-state index in [9.17, 15) is 4.39 Å². The molecule has 0 saturated heterocycles. The Morgan fingerprint density at radius 1 is 1.11 bits per heavy atom. The minimum absolute atomic E-state index is 0.288. The van der Waals surface area contributed by atoms with Gasteiger partial charge in [-0.2, -0.15) is 0 Å². The number of anilines is 1. The molecule has 0 radical (unpaired) electrons. The zero-order chi connectivity index (χ0) is 12.7. The molecule has 3 nitrogen and oxygen atoms in total. The molecule has 0 atom stereocenters. The van der Waals surface area contributed by atoms with Crippen LogP contribution in [-0.2, 0) is 0 Å². The van der Waals surface area contributed by atoms with E-state index in [0.29, 0.717) is 22.2 Å². The Hall–Kier alpha value is -2.07. The predicted molar refractivity (Wildman–Crippen MR) is 70.0 cm³/mol. The quantitative estimate of drug-likeness (QED) is 0.730. The van der Waals surface area contributed by atoms with Crippen molar-refractivity contribution in [2.75, 3.05) is 5.73 Å². The molecule has 0 fully saturated rings. The topological polar surface area (TPSA) is 43.3 Å². The molecular weight excluding hydrogens is 253 g/mol. The van der Waals surface area contributed by atoms with Gasteiger partial charge in [-0.25, -0.2) is 9.37 Å². The monoisotopic (exact) mass is 261 g/mol. The standard InChI is InChI=1S/C13H9ClFN3/c14-9-3-6-11-17-12(13(16)18(11)7-9)8-1-4-10(15)5-2-8/h1-7H,16H2. The van der Waals surface area contributed by atoms with Gasteiger partial charge in [0.25, 0.3) is 0 Å². The summed E-state index contributed by atoms with van der Waals surface area (Å²) in [5, 5.41) is 0.581. The molecule has 0 aliphatic carbocycles. The van der Waals surface area contributed by atoms with Gasteiger partial charge in [-0.1, -0.05) is 11.6 Å². The number of pyridine rings is 1. The zero-order valence-electron chi connectivity index (χ0n) is 9.27. The minimum Gasteiger partial charge on any atom is -0.383 e. The van der Waals surface area contributed by atoms with Crippen LogP contribution in [-0.4, -0.2) is 9.38 Å². The fourth-order valence-corrected chi connectivity index (χ4v) is 2.02. The van der Waals surface area contributed by atoms with Gasteiger partial charge in [-0.15, -0.1) is 0 Å². The van der Waals surface area contributed by atoms with E-state index in [1.165, 1.54) is 12.1 Å². The molecule has 3 rings (SSSR count). The van der Waals surface area contributed by atoms with Gasteiger partial charge >= 0.3 is 0 Å². The van der Waals surface area contributed by atoms with Gasteiger partial charge < -0.3 is 5.73 Å². The van der Waals surface area contributed by atoms with Crippen LogP contribution >= 0.6 is 11.6 Å². The van der Waals surface area contributed by atoms with Crippen LogP contribution < -0.4 is 5.73 Å². The highest BCUT2D eigenvalue weighted by molar-refractivity contribution is 6.30. The van der Waals surface area contributed by atoms with Crippen LogP contribution in [0.5, 0.6) is 0 Å². The Morgan fingerprint density at radius 2 is 1.83 bits per heavy atom. The number of aromatic nitrogens is 2. The largest absolute Gasteiger partial charge is 0.383 e. The van der Waals surface area contributed by atoms with Crippen molar-refractivity contribution in [2.24, 2.45) is 0 Å². The number of nitrogens with two attached hydrogens (primary N) is 1. The molecule has 0 unspecified atom stereocenters. The number of nitrogens with zero attached hydrogens (tertiary/aromatic N) is 2. The molecule has 0 spiro atoms. The van der Waals surface area contributed by atoms with Crippen molar-refractivity contribution < 1.29 is 4.39 Å². The van der Waals surface area contributed by atoms with E-state index in [1.807, 2.05) is 0 Å². The van der Waals surface area contributed by atoms with Crippen LogP contribution in [0.4, 0.5) is 10.2 Å². The molecule has 3 aromatic rings. The zero-order valence-corrected chi connectivity index (χ0v) is 10.0. The normalized spacial score (nSPS) is 11.0. The molecule has 0 saturated carbocycles. The third kappa shape index (κ3) is 1.71. The lowest BCUT2D eigenvalue weighted by molar-refractivity contribution is 0.628. The van der Waals surface area contributed by atoms with E-state index >= 15 is 0 Å². The SMILES string of the molecule is Nc1c(-c2ccc(F)cc2)nc2ccc(Cl)cn12. The molecule has 0 aliphatic rings. The number of fused-ring (bicyclic) bond motifs is 1. The van der Waals surface area contributed by atoms with E-state index in [4.69, 9.17) is 17.3 Å². The molecule has 2 N–H and O–H groups in total. The number of benzene rings is 1. The van der Waals surface area contributed by atoms with Gasteiger partial charge in [0.2, 0.25) is 0 Å². The van der Waals surface area contributed by atoms with Crippen molar-refractivity contribution in [3.8, 4) is 11.3 Å². The van der Waals surface area contributed by atoms with E-state index in [0.717, 1.165) is 5.56 Å². The summed E-state index contributed by atoms with van der Waals surface area (Å²) in [6.45, 7) is 0. The first-order valence-electron chi connectivity index (χ1n) is 5.34. The first-order valence-corrected chi connectivity index (χ1v) is 5.72. The molecule has 0 bridgehead atoms. The summed E-state index contributed by atoms with van der Waals surface area (Å²) in [7, 11) is 0. The maximum Gasteiger partial charge on any atom is 0.139 e. The molecule has 18 heavy (non-hydrogen) atoms. The highest BCUT2D eigenvalue weighted by Gasteiger charge is 2.11. The van der Waals surface area contributed by atoms with Crippen molar-refractivity contribution >= 4 is 23.1 Å². The molecule has 2 aromatic heterocycles. The summed E-state index contributed by atoms with van der Waals surface area (Å²) < 4.78 is 14.6. The highest BCUT2D eigenvalue weighted by Crippen LogP contribution is 2.27. The summed E-state index contributed by atoms with van der Waals surface area (Å²) in [6, 6.07) is 9.59. The second kappa shape index (κ2) is 3.99. The molecule has 0 aliphatic heterocycles. The lowest BCUT2D eigenvalue weighted by atomic mass is 10.1. The first-order chi connectivity index (χ1) is 8.65. The minimum atomic E-state index is -0.288. The Bertz CT molecular complexity index is 719. The molecular formula is C13H9ClFN3.